The molecular formula is C15H29N3O. The van der Waals surface area contributed by atoms with Gasteiger partial charge in [0.25, 0.3) is 0 Å². The SMILES string of the molecule is CCC(CC)C(O)CNCc1cn[nH]c1C(C)(C)C. The number of aliphatic hydroxyl groups excluding tert-OH is 1. The number of aromatic amines is 1. The maximum atomic E-state index is 10.1. The summed E-state index contributed by atoms with van der Waals surface area (Å²) in [6.45, 7) is 12.2. The minimum Gasteiger partial charge on any atom is -0.392 e. The number of nitrogens with one attached hydrogen (secondary N) is 2. The second-order valence-electron chi connectivity index (χ2n) is 6.30. The van der Waals surface area contributed by atoms with E-state index in [1.54, 1.807) is 0 Å². The molecule has 1 heterocycles. The summed E-state index contributed by atoms with van der Waals surface area (Å²) < 4.78 is 0. The fourth-order valence-corrected chi connectivity index (χ4v) is 2.45. The highest BCUT2D eigenvalue weighted by Crippen LogP contribution is 2.23. The van der Waals surface area contributed by atoms with Crippen molar-refractivity contribution in [3.8, 4) is 0 Å². The first-order chi connectivity index (χ1) is 8.90. The highest BCUT2D eigenvalue weighted by atomic mass is 16.3. The lowest BCUT2D eigenvalue weighted by molar-refractivity contribution is 0.101. The van der Waals surface area contributed by atoms with Crippen LogP contribution in [0.3, 0.4) is 0 Å². The second kappa shape index (κ2) is 7.06. The summed E-state index contributed by atoms with van der Waals surface area (Å²) in [4.78, 5) is 0. The van der Waals surface area contributed by atoms with Gasteiger partial charge >= 0.3 is 0 Å². The molecule has 19 heavy (non-hydrogen) atoms. The molecule has 0 aliphatic rings. The van der Waals surface area contributed by atoms with Crippen LogP contribution in [0.5, 0.6) is 0 Å². The number of aromatic nitrogens is 2. The van der Waals surface area contributed by atoms with Gasteiger partial charge in [-0.1, -0.05) is 47.5 Å². The van der Waals surface area contributed by atoms with E-state index in [0.717, 1.165) is 25.1 Å². The maximum absolute atomic E-state index is 10.1. The van der Waals surface area contributed by atoms with Gasteiger partial charge in [0, 0.05) is 29.8 Å². The number of H-pyrrole nitrogens is 1. The van der Waals surface area contributed by atoms with E-state index in [-0.39, 0.29) is 11.5 Å². The monoisotopic (exact) mass is 267 g/mol. The quantitative estimate of drug-likeness (QED) is 0.711. The average Bonchev–Trinajstić information content (AvgIpc) is 2.78. The topological polar surface area (TPSA) is 60.9 Å². The van der Waals surface area contributed by atoms with Crippen molar-refractivity contribution in [1.29, 1.82) is 0 Å². The van der Waals surface area contributed by atoms with Crippen LogP contribution in [0.1, 0.15) is 58.7 Å². The smallest absolute Gasteiger partial charge is 0.0692 e. The number of aliphatic hydroxyl groups is 1. The van der Waals surface area contributed by atoms with Gasteiger partial charge in [-0.25, -0.2) is 0 Å². The summed E-state index contributed by atoms with van der Waals surface area (Å²) in [5.74, 6) is 0.388. The molecule has 0 bridgehead atoms. The summed E-state index contributed by atoms with van der Waals surface area (Å²) in [5.41, 5.74) is 2.42. The lowest BCUT2D eigenvalue weighted by Crippen LogP contribution is -2.32. The Bertz CT molecular complexity index is 364. The highest BCUT2D eigenvalue weighted by Gasteiger charge is 2.20. The molecule has 1 rings (SSSR count). The van der Waals surface area contributed by atoms with Gasteiger partial charge in [-0.15, -0.1) is 0 Å². The van der Waals surface area contributed by atoms with Gasteiger partial charge in [0.1, 0.15) is 0 Å². The predicted octanol–water partition coefficient (Wildman–Crippen LogP) is 2.59. The molecule has 0 radical (unpaired) electrons. The zero-order valence-corrected chi connectivity index (χ0v) is 13.0. The number of hydrogen-bond acceptors (Lipinski definition) is 3. The summed E-state index contributed by atoms with van der Waals surface area (Å²) in [5, 5.41) is 20.6. The Balaban J connectivity index is 2.48. The van der Waals surface area contributed by atoms with Gasteiger partial charge in [-0.05, 0) is 5.92 Å². The van der Waals surface area contributed by atoms with Crippen LogP contribution in [0.4, 0.5) is 0 Å². The maximum Gasteiger partial charge on any atom is 0.0692 e. The first-order valence-electron chi connectivity index (χ1n) is 7.31. The Kier molecular flexibility index (Phi) is 6.01. The van der Waals surface area contributed by atoms with E-state index in [0.29, 0.717) is 12.5 Å². The van der Waals surface area contributed by atoms with Crippen molar-refractivity contribution in [2.75, 3.05) is 6.54 Å². The minimum atomic E-state index is -0.264. The van der Waals surface area contributed by atoms with Crippen LogP contribution in [0, 0.1) is 5.92 Å². The second-order valence-corrected chi connectivity index (χ2v) is 6.30. The van der Waals surface area contributed by atoms with E-state index in [2.05, 4.69) is 50.1 Å². The largest absolute Gasteiger partial charge is 0.392 e. The Hall–Kier alpha value is -0.870. The molecule has 0 amide bonds. The van der Waals surface area contributed by atoms with Crippen molar-refractivity contribution in [3.05, 3.63) is 17.5 Å². The molecule has 4 heteroatoms. The van der Waals surface area contributed by atoms with E-state index in [1.165, 1.54) is 5.56 Å². The van der Waals surface area contributed by atoms with E-state index in [4.69, 9.17) is 0 Å². The van der Waals surface area contributed by atoms with Gasteiger partial charge in [-0.2, -0.15) is 5.10 Å². The fourth-order valence-electron chi connectivity index (χ4n) is 2.45. The van der Waals surface area contributed by atoms with Gasteiger partial charge < -0.3 is 10.4 Å². The van der Waals surface area contributed by atoms with Crippen LogP contribution in [0.15, 0.2) is 6.20 Å². The molecular weight excluding hydrogens is 238 g/mol. The third kappa shape index (κ3) is 4.62. The summed E-state index contributed by atoms with van der Waals surface area (Å²) in [7, 11) is 0. The predicted molar refractivity (Wildman–Crippen MR) is 79.1 cm³/mol. The van der Waals surface area contributed by atoms with Crippen LogP contribution in [0.25, 0.3) is 0 Å². The summed E-state index contributed by atoms with van der Waals surface area (Å²) in [6, 6.07) is 0. The zero-order valence-electron chi connectivity index (χ0n) is 13.0. The zero-order chi connectivity index (χ0) is 14.5. The Morgan fingerprint density at radius 2 is 1.95 bits per heavy atom. The van der Waals surface area contributed by atoms with Crippen molar-refractivity contribution in [3.63, 3.8) is 0 Å². The fraction of sp³-hybridized carbons (Fsp3) is 0.800. The van der Waals surface area contributed by atoms with Crippen LogP contribution >= 0.6 is 0 Å². The number of nitrogens with zero attached hydrogens (tertiary/aromatic N) is 1. The van der Waals surface area contributed by atoms with Crippen molar-refractivity contribution < 1.29 is 5.11 Å². The third-order valence-corrected chi connectivity index (χ3v) is 3.73. The first kappa shape index (κ1) is 16.2. The summed E-state index contributed by atoms with van der Waals surface area (Å²) in [6.07, 6.45) is 3.66. The molecule has 110 valence electrons. The van der Waals surface area contributed by atoms with Crippen molar-refractivity contribution in [2.45, 2.75) is 65.5 Å². The molecule has 0 saturated carbocycles. The van der Waals surface area contributed by atoms with Crippen LogP contribution in [0.2, 0.25) is 0 Å². The van der Waals surface area contributed by atoms with Crippen molar-refractivity contribution in [2.24, 2.45) is 5.92 Å². The molecule has 0 aliphatic carbocycles. The Morgan fingerprint density at radius 1 is 1.32 bits per heavy atom. The molecule has 0 fully saturated rings. The minimum absolute atomic E-state index is 0.0709. The van der Waals surface area contributed by atoms with Gasteiger partial charge in [-0.3, -0.25) is 5.10 Å². The van der Waals surface area contributed by atoms with Gasteiger partial charge in [0.15, 0.2) is 0 Å². The molecule has 0 aromatic carbocycles. The van der Waals surface area contributed by atoms with Crippen LogP contribution in [-0.4, -0.2) is 28.0 Å². The van der Waals surface area contributed by atoms with Crippen molar-refractivity contribution in [1.82, 2.24) is 15.5 Å². The lowest BCUT2D eigenvalue weighted by atomic mass is 9.89. The molecule has 0 aliphatic heterocycles. The molecule has 4 nitrogen and oxygen atoms in total. The van der Waals surface area contributed by atoms with E-state index >= 15 is 0 Å². The van der Waals surface area contributed by atoms with E-state index in [9.17, 15) is 5.11 Å². The molecule has 0 spiro atoms. The summed E-state index contributed by atoms with van der Waals surface area (Å²) >= 11 is 0. The first-order valence-corrected chi connectivity index (χ1v) is 7.31. The van der Waals surface area contributed by atoms with Crippen LogP contribution in [-0.2, 0) is 12.0 Å². The van der Waals surface area contributed by atoms with E-state index in [1.807, 2.05) is 6.20 Å². The molecule has 1 aromatic rings. The molecule has 3 N–H and O–H groups in total. The Morgan fingerprint density at radius 3 is 2.47 bits per heavy atom. The van der Waals surface area contributed by atoms with Gasteiger partial charge in [0.05, 0.1) is 12.3 Å². The Labute approximate surface area is 117 Å². The number of rotatable bonds is 7. The number of hydrogen-bond donors (Lipinski definition) is 3. The normalized spacial score (nSPS) is 14.1. The molecule has 1 unspecified atom stereocenters. The molecule has 0 saturated heterocycles. The standard InChI is InChI=1S/C15H29N3O/c1-6-11(7-2)13(19)10-16-8-12-9-17-18-14(12)15(3,4)5/h9,11,13,16,19H,6-8,10H2,1-5H3,(H,17,18). The lowest BCUT2D eigenvalue weighted by Gasteiger charge is -2.21. The molecule has 1 aromatic heterocycles. The molecule has 1 atom stereocenters. The van der Waals surface area contributed by atoms with E-state index < -0.39 is 0 Å². The third-order valence-electron chi connectivity index (χ3n) is 3.73. The average molecular weight is 267 g/mol. The van der Waals surface area contributed by atoms with Crippen LogP contribution < -0.4 is 5.32 Å². The van der Waals surface area contributed by atoms with Crippen molar-refractivity contribution >= 4 is 0 Å². The highest BCUT2D eigenvalue weighted by molar-refractivity contribution is 5.23. The van der Waals surface area contributed by atoms with Gasteiger partial charge in [0.2, 0.25) is 0 Å².